The van der Waals surface area contributed by atoms with E-state index in [1.807, 2.05) is 0 Å². The van der Waals surface area contributed by atoms with E-state index in [0.29, 0.717) is 0 Å². The van der Waals surface area contributed by atoms with Gasteiger partial charge in [0.25, 0.3) is 0 Å². The third-order valence-corrected chi connectivity index (χ3v) is 3.86. The highest BCUT2D eigenvalue weighted by Crippen LogP contribution is 2.16. The van der Waals surface area contributed by atoms with Crippen LogP contribution in [0.3, 0.4) is 0 Å². The van der Waals surface area contributed by atoms with Crippen molar-refractivity contribution in [3.63, 3.8) is 0 Å². The topological polar surface area (TPSA) is 24.5 Å². The SMILES string of the molecule is CN(CC1CCOCC1)CC1CCCCN1.Cl.Cl. The molecule has 2 aliphatic heterocycles. The molecule has 2 saturated heterocycles. The van der Waals surface area contributed by atoms with Crippen LogP contribution >= 0.6 is 24.8 Å². The highest BCUT2D eigenvalue weighted by atomic mass is 35.5. The maximum Gasteiger partial charge on any atom is 0.0469 e. The van der Waals surface area contributed by atoms with E-state index in [-0.39, 0.29) is 24.8 Å². The largest absolute Gasteiger partial charge is 0.381 e. The second-order valence-corrected chi connectivity index (χ2v) is 5.42. The molecule has 1 atom stereocenters. The lowest BCUT2D eigenvalue weighted by molar-refractivity contribution is 0.0543. The van der Waals surface area contributed by atoms with Gasteiger partial charge in [0.2, 0.25) is 0 Å². The Morgan fingerprint density at radius 1 is 1.06 bits per heavy atom. The third-order valence-electron chi connectivity index (χ3n) is 3.86. The Balaban J connectivity index is 0.00000144. The van der Waals surface area contributed by atoms with E-state index >= 15 is 0 Å². The fourth-order valence-electron chi connectivity index (χ4n) is 2.90. The standard InChI is InChI=1S/C13H26N2O.2ClH/c1-15(10-12-5-8-16-9-6-12)11-13-4-2-3-7-14-13;;/h12-14H,2-11H2,1H3;2*1H. The van der Waals surface area contributed by atoms with Gasteiger partial charge in [-0.2, -0.15) is 0 Å². The van der Waals surface area contributed by atoms with Gasteiger partial charge in [0.05, 0.1) is 0 Å². The first kappa shape index (κ1) is 18.5. The molecule has 0 spiro atoms. The highest BCUT2D eigenvalue weighted by molar-refractivity contribution is 5.85. The van der Waals surface area contributed by atoms with Gasteiger partial charge in [-0.1, -0.05) is 6.42 Å². The summed E-state index contributed by atoms with van der Waals surface area (Å²) in [6.07, 6.45) is 6.63. The summed E-state index contributed by atoms with van der Waals surface area (Å²) in [6, 6.07) is 0.735. The van der Waals surface area contributed by atoms with Crippen LogP contribution in [0.2, 0.25) is 0 Å². The summed E-state index contributed by atoms with van der Waals surface area (Å²) in [4.78, 5) is 2.51. The number of piperidine rings is 1. The first-order valence-corrected chi connectivity index (χ1v) is 6.84. The number of halogens is 2. The molecule has 0 radical (unpaired) electrons. The zero-order chi connectivity index (χ0) is 11.2. The maximum absolute atomic E-state index is 5.40. The molecule has 18 heavy (non-hydrogen) atoms. The molecule has 0 bridgehead atoms. The minimum absolute atomic E-state index is 0. The molecule has 0 aromatic heterocycles. The van der Waals surface area contributed by atoms with Gasteiger partial charge in [0, 0.05) is 32.3 Å². The number of rotatable bonds is 4. The van der Waals surface area contributed by atoms with Crippen LogP contribution in [0.4, 0.5) is 0 Å². The highest BCUT2D eigenvalue weighted by Gasteiger charge is 2.19. The van der Waals surface area contributed by atoms with Crippen molar-refractivity contribution < 1.29 is 4.74 Å². The number of nitrogens with one attached hydrogen (secondary N) is 1. The lowest BCUT2D eigenvalue weighted by Crippen LogP contribution is -2.43. The summed E-state index contributed by atoms with van der Waals surface area (Å²) >= 11 is 0. The molecule has 0 aliphatic carbocycles. The smallest absolute Gasteiger partial charge is 0.0469 e. The van der Waals surface area contributed by atoms with E-state index in [4.69, 9.17) is 4.74 Å². The summed E-state index contributed by atoms with van der Waals surface area (Å²) in [5.74, 6) is 0.863. The van der Waals surface area contributed by atoms with Crippen LogP contribution in [-0.2, 0) is 4.74 Å². The van der Waals surface area contributed by atoms with Gasteiger partial charge >= 0.3 is 0 Å². The maximum atomic E-state index is 5.40. The first-order chi connectivity index (χ1) is 7.84. The zero-order valence-corrected chi connectivity index (χ0v) is 13.0. The van der Waals surface area contributed by atoms with Gasteiger partial charge in [-0.05, 0) is 45.2 Å². The summed E-state index contributed by atoms with van der Waals surface area (Å²) in [5, 5.41) is 3.62. The van der Waals surface area contributed by atoms with Crippen LogP contribution in [-0.4, -0.2) is 50.8 Å². The first-order valence-electron chi connectivity index (χ1n) is 6.84. The average Bonchev–Trinajstić information content (AvgIpc) is 2.31. The molecular weight excluding hydrogens is 271 g/mol. The van der Waals surface area contributed by atoms with E-state index in [9.17, 15) is 0 Å². The van der Waals surface area contributed by atoms with Gasteiger partial charge in [0.1, 0.15) is 0 Å². The Bertz CT molecular complexity index is 175. The average molecular weight is 299 g/mol. The lowest BCUT2D eigenvalue weighted by atomic mass is 9.99. The molecule has 5 heteroatoms. The molecule has 2 fully saturated rings. The summed E-state index contributed by atoms with van der Waals surface area (Å²) in [7, 11) is 2.27. The second-order valence-electron chi connectivity index (χ2n) is 5.42. The van der Waals surface area contributed by atoms with Gasteiger partial charge < -0.3 is 15.0 Å². The van der Waals surface area contributed by atoms with E-state index in [0.717, 1.165) is 25.2 Å². The van der Waals surface area contributed by atoms with Crippen LogP contribution in [0.1, 0.15) is 32.1 Å². The summed E-state index contributed by atoms with van der Waals surface area (Å²) in [5.41, 5.74) is 0. The molecule has 0 amide bonds. The van der Waals surface area contributed by atoms with Crippen LogP contribution in [0.15, 0.2) is 0 Å². The van der Waals surface area contributed by atoms with E-state index < -0.39 is 0 Å². The molecule has 3 nitrogen and oxygen atoms in total. The quantitative estimate of drug-likeness (QED) is 0.862. The number of likely N-dealkylation sites (N-methyl/N-ethyl adjacent to an activating group) is 1. The van der Waals surface area contributed by atoms with Crippen molar-refractivity contribution in [1.82, 2.24) is 10.2 Å². The van der Waals surface area contributed by atoms with Crippen molar-refractivity contribution in [2.75, 3.05) is 39.9 Å². The lowest BCUT2D eigenvalue weighted by Gasteiger charge is -2.31. The monoisotopic (exact) mass is 298 g/mol. The number of nitrogens with zero attached hydrogens (tertiary/aromatic N) is 1. The van der Waals surface area contributed by atoms with Gasteiger partial charge in [0.15, 0.2) is 0 Å². The van der Waals surface area contributed by atoms with Crippen molar-refractivity contribution >= 4 is 24.8 Å². The van der Waals surface area contributed by atoms with Crippen molar-refractivity contribution in [1.29, 1.82) is 0 Å². The fourth-order valence-corrected chi connectivity index (χ4v) is 2.90. The Kier molecular flexibility index (Phi) is 10.5. The van der Waals surface area contributed by atoms with Crippen LogP contribution in [0, 0.1) is 5.92 Å². The number of hydrogen-bond acceptors (Lipinski definition) is 3. The van der Waals surface area contributed by atoms with Gasteiger partial charge in [-0.3, -0.25) is 0 Å². The molecule has 110 valence electrons. The van der Waals surface area contributed by atoms with E-state index in [1.165, 1.54) is 51.7 Å². The molecule has 1 N–H and O–H groups in total. The molecule has 0 saturated carbocycles. The number of hydrogen-bond donors (Lipinski definition) is 1. The summed E-state index contributed by atoms with van der Waals surface area (Å²) in [6.45, 7) is 5.63. The Morgan fingerprint density at radius 3 is 2.39 bits per heavy atom. The predicted molar refractivity (Wildman–Crippen MR) is 81.2 cm³/mol. The van der Waals surface area contributed by atoms with Crippen LogP contribution < -0.4 is 5.32 Å². The number of ether oxygens (including phenoxy) is 1. The predicted octanol–water partition coefficient (Wildman–Crippen LogP) is 2.33. The molecule has 2 rings (SSSR count). The van der Waals surface area contributed by atoms with Crippen LogP contribution in [0.5, 0.6) is 0 Å². The minimum atomic E-state index is 0. The molecule has 2 aliphatic rings. The van der Waals surface area contributed by atoms with Gasteiger partial charge in [-0.25, -0.2) is 0 Å². The Hall–Kier alpha value is 0.460. The zero-order valence-electron chi connectivity index (χ0n) is 11.4. The van der Waals surface area contributed by atoms with Crippen molar-refractivity contribution in [3.05, 3.63) is 0 Å². The van der Waals surface area contributed by atoms with Crippen LogP contribution in [0.25, 0.3) is 0 Å². The Labute approximate surface area is 124 Å². The van der Waals surface area contributed by atoms with E-state index in [2.05, 4.69) is 17.3 Å². The van der Waals surface area contributed by atoms with Gasteiger partial charge in [-0.15, -0.1) is 24.8 Å². The molecule has 2 heterocycles. The third kappa shape index (κ3) is 6.58. The molecule has 0 aromatic carbocycles. The normalized spacial score (nSPS) is 25.3. The van der Waals surface area contributed by atoms with Crippen molar-refractivity contribution in [3.8, 4) is 0 Å². The van der Waals surface area contributed by atoms with Crippen molar-refractivity contribution in [2.24, 2.45) is 5.92 Å². The second kappa shape index (κ2) is 10.3. The van der Waals surface area contributed by atoms with E-state index in [1.54, 1.807) is 0 Å². The fraction of sp³-hybridized carbons (Fsp3) is 1.00. The molecular formula is C13H28Cl2N2O. The Morgan fingerprint density at radius 2 is 1.78 bits per heavy atom. The molecule has 1 unspecified atom stereocenters. The van der Waals surface area contributed by atoms with Crippen molar-refractivity contribution in [2.45, 2.75) is 38.1 Å². The molecule has 0 aromatic rings. The minimum Gasteiger partial charge on any atom is -0.381 e. The summed E-state index contributed by atoms with van der Waals surface area (Å²) < 4.78 is 5.40.